The average molecular weight is 235 g/mol. The third-order valence-corrected chi connectivity index (χ3v) is 2.83. The van der Waals surface area contributed by atoms with Gasteiger partial charge in [-0.25, -0.2) is 4.79 Å². The molecule has 1 aliphatic heterocycles. The predicted octanol–water partition coefficient (Wildman–Crippen LogP) is 1.19. The smallest absolute Gasteiger partial charge is 0.317 e. The summed E-state index contributed by atoms with van der Waals surface area (Å²) in [6.07, 6.45) is 0.969. The Labute approximate surface area is 101 Å². The third-order valence-electron chi connectivity index (χ3n) is 2.83. The second-order valence-electron chi connectivity index (χ2n) is 4.08. The second kappa shape index (κ2) is 4.95. The van der Waals surface area contributed by atoms with E-state index in [0.29, 0.717) is 12.2 Å². The Hall–Kier alpha value is -1.91. The summed E-state index contributed by atoms with van der Waals surface area (Å²) in [5, 5.41) is 2.82. The fourth-order valence-electron chi connectivity index (χ4n) is 1.96. The summed E-state index contributed by atoms with van der Waals surface area (Å²) >= 11 is 0. The van der Waals surface area contributed by atoms with E-state index in [2.05, 4.69) is 5.32 Å². The highest BCUT2D eigenvalue weighted by Crippen LogP contribution is 2.23. The highest BCUT2D eigenvalue weighted by Gasteiger charge is 2.18. The number of carbonyl (C=O) groups excluding carboxylic acids is 1. The lowest BCUT2D eigenvalue weighted by molar-refractivity contribution is 0.182. The quantitative estimate of drug-likeness (QED) is 0.773. The maximum atomic E-state index is 11.6. The van der Waals surface area contributed by atoms with Gasteiger partial charge in [0.05, 0.1) is 13.7 Å². The van der Waals surface area contributed by atoms with Gasteiger partial charge in [-0.1, -0.05) is 0 Å². The van der Waals surface area contributed by atoms with Crippen molar-refractivity contribution in [2.75, 3.05) is 25.9 Å². The number of carbonyl (C=O) groups is 1. The normalized spacial score (nSPS) is 15.6. The molecule has 1 fully saturated rings. The van der Waals surface area contributed by atoms with Gasteiger partial charge >= 0.3 is 6.03 Å². The van der Waals surface area contributed by atoms with E-state index in [1.54, 1.807) is 18.1 Å². The van der Waals surface area contributed by atoms with Crippen LogP contribution in [0.2, 0.25) is 0 Å². The zero-order valence-electron chi connectivity index (χ0n) is 9.90. The number of amides is 2. The first-order valence-electron chi connectivity index (χ1n) is 5.66. The lowest BCUT2D eigenvalue weighted by Crippen LogP contribution is -2.45. The van der Waals surface area contributed by atoms with Crippen molar-refractivity contribution in [3.63, 3.8) is 0 Å². The largest absolute Gasteiger partial charge is 0.496 e. The van der Waals surface area contributed by atoms with Crippen LogP contribution in [0.5, 0.6) is 5.75 Å². The predicted molar refractivity (Wildman–Crippen MR) is 65.8 cm³/mol. The maximum Gasteiger partial charge on any atom is 0.317 e. The molecule has 0 radical (unpaired) electrons. The van der Waals surface area contributed by atoms with Crippen molar-refractivity contribution < 1.29 is 9.53 Å². The Bertz CT molecular complexity index is 420. The molecule has 1 aromatic rings. The van der Waals surface area contributed by atoms with Gasteiger partial charge in [-0.15, -0.1) is 0 Å². The van der Waals surface area contributed by atoms with Crippen LogP contribution in [0, 0.1) is 0 Å². The van der Waals surface area contributed by atoms with Crippen molar-refractivity contribution in [3.8, 4) is 5.75 Å². The molecule has 5 nitrogen and oxygen atoms in total. The number of ether oxygens (including phenoxy) is 1. The van der Waals surface area contributed by atoms with Crippen LogP contribution in [0.4, 0.5) is 10.5 Å². The number of rotatable bonds is 3. The van der Waals surface area contributed by atoms with Gasteiger partial charge in [-0.3, -0.25) is 0 Å². The standard InChI is InChI=1S/C12H17N3O2/c1-17-11-4-3-10(13)7-9(11)8-15-6-2-5-14-12(15)16/h3-4,7H,2,5-6,8,13H2,1H3,(H,14,16). The lowest BCUT2D eigenvalue weighted by Gasteiger charge is -2.28. The number of methoxy groups -OCH3 is 1. The molecule has 3 N–H and O–H groups in total. The van der Waals surface area contributed by atoms with Crippen LogP contribution in [0.1, 0.15) is 12.0 Å². The highest BCUT2D eigenvalue weighted by atomic mass is 16.5. The van der Waals surface area contributed by atoms with Crippen LogP contribution in [0.15, 0.2) is 18.2 Å². The Morgan fingerprint density at radius 1 is 1.53 bits per heavy atom. The Kier molecular flexibility index (Phi) is 3.37. The molecule has 0 spiro atoms. The minimum atomic E-state index is -0.0271. The molecule has 0 unspecified atom stereocenters. The summed E-state index contributed by atoms with van der Waals surface area (Å²) in [5.74, 6) is 0.762. The first kappa shape index (κ1) is 11.6. The van der Waals surface area contributed by atoms with Crippen molar-refractivity contribution in [3.05, 3.63) is 23.8 Å². The summed E-state index contributed by atoms with van der Waals surface area (Å²) in [6.45, 7) is 2.05. The van der Waals surface area contributed by atoms with E-state index in [-0.39, 0.29) is 6.03 Å². The van der Waals surface area contributed by atoms with E-state index in [1.807, 2.05) is 12.1 Å². The number of benzene rings is 1. The van der Waals surface area contributed by atoms with Crippen LogP contribution in [-0.4, -0.2) is 31.1 Å². The van der Waals surface area contributed by atoms with Crippen LogP contribution >= 0.6 is 0 Å². The van der Waals surface area contributed by atoms with Gasteiger partial charge in [-0.2, -0.15) is 0 Å². The lowest BCUT2D eigenvalue weighted by atomic mass is 10.1. The molecule has 1 aliphatic rings. The van der Waals surface area contributed by atoms with Gasteiger partial charge in [0.1, 0.15) is 5.75 Å². The zero-order valence-corrected chi connectivity index (χ0v) is 9.90. The number of nitrogens with zero attached hydrogens (tertiary/aromatic N) is 1. The zero-order chi connectivity index (χ0) is 12.3. The second-order valence-corrected chi connectivity index (χ2v) is 4.08. The number of hydrogen-bond donors (Lipinski definition) is 2. The van der Waals surface area contributed by atoms with E-state index >= 15 is 0 Å². The number of nitrogens with two attached hydrogens (primary N) is 1. The van der Waals surface area contributed by atoms with Gasteiger partial charge in [0.25, 0.3) is 0 Å². The number of nitrogen functional groups attached to an aromatic ring is 1. The molecule has 1 heterocycles. The minimum absolute atomic E-state index is 0.0271. The summed E-state index contributed by atoms with van der Waals surface area (Å²) in [4.78, 5) is 13.4. The molecule has 1 saturated heterocycles. The Morgan fingerprint density at radius 2 is 2.35 bits per heavy atom. The number of urea groups is 1. The topological polar surface area (TPSA) is 67.6 Å². The SMILES string of the molecule is COc1ccc(N)cc1CN1CCCNC1=O. The number of anilines is 1. The van der Waals surface area contributed by atoms with E-state index in [4.69, 9.17) is 10.5 Å². The molecular formula is C12H17N3O2. The van der Waals surface area contributed by atoms with Crippen LogP contribution in [0.3, 0.4) is 0 Å². The molecule has 0 aliphatic carbocycles. The molecule has 2 amide bonds. The van der Waals surface area contributed by atoms with Crippen LogP contribution in [-0.2, 0) is 6.54 Å². The monoisotopic (exact) mass is 235 g/mol. The fraction of sp³-hybridized carbons (Fsp3) is 0.417. The van der Waals surface area contributed by atoms with E-state index in [9.17, 15) is 4.79 Å². The van der Waals surface area contributed by atoms with Crippen LogP contribution in [0.25, 0.3) is 0 Å². The molecule has 17 heavy (non-hydrogen) atoms. The van der Waals surface area contributed by atoms with Crippen LogP contribution < -0.4 is 15.8 Å². The number of hydrogen-bond acceptors (Lipinski definition) is 3. The van der Waals surface area contributed by atoms with Gasteiger partial charge in [-0.05, 0) is 24.6 Å². The molecule has 0 saturated carbocycles. The summed E-state index contributed by atoms with van der Waals surface area (Å²) in [7, 11) is 1.62. The molecular weight excluding hydrogens is 218 g/mol. The van der Waals surface area contributed by atoms with E-state index < -0.39 is 0 Å². The molecule has 0 atom stereocenters. The minimum Gasteiger partial charge on any atom is -0.496 e. The van der Waals surface area contributed by atoms with E-state index in [0.717, 1.165) is 30.8 Å². The first-order valence-corrected chi connectivity index (χ1v) is 5.66. The first-order chi connectivity index (χ1) is 8.20. The van der Waals surface area contributed by atoms with Gasteiger partial charge < -0.3 is 20.7 Å². The molecule has 2 rings (SSSR count). The Morgan fingerprint density at radius 3 is 3.06 bits per heavy atom. The van der Waals surface area contributed by atoms with E-state index in [1.165, 1.54) is 0 Å². The maximum absolute atomic E-state index is 11.6. The van der Waals surface area contributed by atoms with Crippen molar-refractivity contribution in [2.24, 2.45) is 0 Å². The van der Waals surface area contributed by atoms with Crippen molar-refractivity contribution in [1.82, 2.24) is 10.2 Å². The average Bonchev–Trinajstić information content (AvgIpc) is 2.32. The molecule has 0 bridgehead atoms. The van der Waals surface area contributed by atoms with Crippen molar-refractivity contribution in [2.45, 2.75) is 13.0 Å². The van der Waals surface area contributed by atoms with Gasteiger partial charge in [0.15, 0.2) is 0 Å². The Balaban J connectivity index is 2.16. The third kappa shape index (κ3) is 2.61. The van der Waals surface area contributed by atoms with Crippen molar-refractivity contribution in [1.29, 1.82) is 0 Å². The molecule has 1 aromatic carbocycles. The summed E-state index contributed by atoms with van der Waals surface area (Å²) < 4.78 is 5.26. The van der Waals surface area contributed by atoms with Gasteiger partial charge in [0.2, 0.25) is 0 Å². The molecule has 5 heteroatoms. The van der Waals surface area contributed by atoms with Gasteiger partial charge in [0, 0.05) is 24.3 Å². The molecule has 92 valence electrons. The summed E-state index contributed by atoms with van der Waals surface area (Å²) in [6, 6.07) is 5.44. The van der Waals surface area contributed by atoms with Crippen molar-refractivity contribution >= 4 is 11.7 Å². The number of nitrogens with one attached hydrogen (secondary N) is 1. The fourth-order valence-corrected chi connectivity index (χ4v) is 1.96. The highest BCUT2D eigenvalue weighted by molar-refractivity contribution is 5.75. The molecule has 0 aromatic heterocycles. The summed E-state index contributed by atoms with van der Waals surface area (Å²) in [5.41, 5.74) is 7.36.